The molecule has 1 atom stereocenters. The van der Waals surface area contributed by atoms with Crippen molar-refractivity contribution in [3.05, 3.63) is 60.8 Å². The Morgan fingerprint density at radius 2 is 1.04 bits per heavy atom. The van der Waals surface area contributed by atoms with Crippen molar-refractivity contribution in [1.82, 2.24) is 5.32 Å². The van der Waals surface area contributed by atoms with Crippen molar-refractivity contribution >= 4 is 17.8 Å². The normalized spacial score (nSPS) is 12.7. The fraction of sp³-hybridized carbons (Fsp3) is 0.705. The zero-order chi connectivity index (χ0) is 36.6. The molecule has 0 aromatic carbocycles. The van der Waals surface area contributed by atoms with Crippen molar-refractivity contribution in [3.63, 3.8) is 0 Å². The molecular weight excluding hydrogens is 622 g/mol. The average Bonchev–Trinajstić information content (AvgIpc) is 3.10. The molecule has 1 unspecified atom stereocenters. The Kier molecular flexibility index (Phi) is 36.7. The van der Waals surface area contributed by atoms with E-state index < -0.39 is 5.97 Å². The first-order valence-corrected chi connectivity index (χ1v) is 20.4. The van der Waals surface area contributed by atoms with E-state index in [9.17, 15) is 14.4 Å². The van der Waals surface area contributed by atoms with Crippen LogP contribution in [0.4, 0.5) is 0 Å². The van der Waals surface area contributed by atoms with Gasteiger partial charge in [-0.25, -0.2) is 0 Å². The number of hydrogen-bond acceptors (Lipinski definition) is 4. The first kappa shape index (κ1) is 47.1. The number of hydrogen-bond donors (Lipinski definition) is 2. The van der Waals surface area contributed by atoms with Crippen molar-refractivity contribution in [1.29, 1.82) is 0 Å². The monoisotopic (exact) mass is 698 g/mol. The minimum Gasteiger partial charge on any atom is -0.480 e. The van der Waals surface area contributed by atoms with Crippen LogP contribution in [0.1, 0.15) is 187 Å². The highest BCUT2D eigenvalue weighted by atomic mass is 16.5. The van der Waals surface area contributed by atoms with E-state index in [0.717, 1.165) is 96.3 Å². The van der Waals surface area contributed by atoms with Crippen molar-refractivity contribution in [2.75, 3.05) is 6.54 Å². The van der Waals surface area contributed by atoms with Gasteiger partial charge in [0.2, 0.25) is 5.91 Å². The van der Waals surface area contributed by atoms with Crippen LogP contribution in [0.5, 0.6) is 0 Å². The number of esters is 1. The van der Waals surface area contributed by atoms with E-state index in [1.165, 1.54) is 64.2 Å². The molecule has 0 aliphatic rings. The Hall–Kier alpha value is -2.89. The molecule has 0 rings (SSSR count). The van der Waals surface area contributed by atoms with Gasteiger partial charge >= 0.3 is 11.9 Å². The molecule has 0 spiro atoms. The van der Waals surface area contributed by atoms with Crippen LogP contribution in [-0.2, 0) is 19.1 Å². The van der Waals surface area contributed by atoms with Crippen molar-refractivity contribution in [3.8, 4) is 0 Å². The number of unbranched alkanes of at least 4 members (excludes halogenated alkanes) is 17. The van der Waals surface area contributed by atoms with Gasteiger partial charge in [0.1, 0.15) is 12.6 Å². The summed E-state index contributed by atoms with van der Waals surface area (Å²) in [6.45, 7) is 4.09. The van der Waals surface area contributed by atoms with Crippen molar-refractivity contribution in [2.45, 2.75) is 193 Å². The summed E-state index contributed by atoms with van der Waals surface area (Å²) in [5, 5.41) is 11.0. The van der Waals surface area contributed by atoms with Gasteiger partial charge in [0, 0.05) is 12.8 Å². The minimum atomic E-state index is -1.02. The van der Waals surface area contributed by atoms with Crippen LogP contribution in [0.15, 0.2) is 60.8 Å². The van der Waals surface area contributed by atoms with Gasteiger partial charge in [-0.3, -0.25) is 14.4 Å². The molecule has 0 bridgehead atoms. The SMILES string of the molecule is CC/C=C\C/C=C\C/C=C\C/C=C\CCCCCCCCC(=O)OC(/C=C\CCCCCCCC)CCCCCCCCC(=O)NCC(=O)O. The Morgan fingerprint density at radius 3 is 1.62 bits per heavy atom. The number of allylic oxidation sites excluding steroid dienone is 9. The molecule has 2 N–H and O–H groups in total. The number of ether oxygens (including phenoxy) is 1. The lowest BCUT2D eigenvalue weighted by molar-refractivity contribution is -0.147. The van der Waals surface area contributed by atoms with E-state index in [4.69, 9.17) is 9.84 Å². The predicted molar refractivity (Wildman–Crippen MR) is 212 cm³/mol. The van der Waals surface area contributed by atoms with Crippen molar-refractivity contribution < 1.29 is 24.2 Å². The molecule has 0 radical (unpaired) electrons. The summed E-state index contributed by atoms with van der Waals surface area (Å²) in [6.07, 6.45) is 50.7. The number of amides is 1. The smallest absolute Gasteiger partial charge is 0.322 e. The summed E-state index contributed by atoms with van der Waals surface area (Å²) in [7, 11) is 0. The summed E-state index contributed by atoms with van der Waals surface area (Å²) in [5.41, 5.74) is 0. The van der Waals surface area contributed by atoms with Crippen LogP contribution in [0.25, 0.3) is 0 Å². The lowest BCUT2D eigenvalue weighted by Gasteiger charge is -2.15. The van der Waals surface area contributed by atoms with Crippen LogP contribution >= 0.6 is 0 Å². The van der Waals surface area contributed by atoms with Gasteiger partial charge in [0.05, 0.1) is 0 Å². The minimum absolute atomic E-state index is 0.0697. The Morgan fingerprint density at radius 1 is 0.560 bits per heavy atom. The lowest BCUT2D eigenvalue weighted by atomic mass is 10.0. The molecule has 6 heteroatoms. The molecule has 6 nitrogen and oxygen atoms in total. The van der Waals surface area contributed by atoms with Gasteiger partial charge < -0.3 is 15.2 Å². The summed E-state index contributed by atoms with van der Waals surface area (Å²) < 4.78 is 5.93. The lowest BCUT2D eigenvalue weighted by Crippen LogP contribution is -2.28. The topological polar surface area (TPSA) is 92.7 Å². The maximum absolute atomic E-state index is 12.7. The number of nitrogens with one attached hydrogen (secondary N) is 1. The molecule has 50 heavy (non-hydrogen) atoms. The zero-order valence-corrected chi connectivity index (χ0v) is 32.2. The molecule has 0 fully saturated rings. The maximum Gasteiger partial charge on any atom is 0.322 e. The molecule has 1 amide bonds. The highest BCUT2D eigenvalue weighted by Crippen LogP contribution is 2.16. The third-order valence-corrected chi connectivity index (χ3v) is 8.66. The van der Waals surface area contributed by atoms with Crippen LogP contribution in [-0.4, -0.2) is 35.6 Å². The first-order chi connectivity index (χ1) is 24.5. The van der Waals surface area contributed by atoms with Crippen molar-refractivity contribution in [2.24, 2.45) is 0 Å². The number of aliphatic carboxylic acids is 1. The van der Waals surface area contributed by atoms with Crippen LogP contribution in [0.3, 0.4) is 0 Å². The van der Waals surface area contributed by atoms with E-state index >= 15 is 0 Å². The molecule has 0 saturated heterocycles. The second-order valence-electron chi connectivity index (χ2n) is 13.5. The van der Waals surface area contributed by atoms with E-state index in [0.29, 0.717) is 12.8 Å². The van der Waals surface area contributed by atoms with E-state index in [2.05, 4.69) is 79.9 Å². The highest BCUT2D eigenvalue weighted by molar-refractivity contribution is 5.80. The van der Waals surface area contributed by atoms with Gasteiger partial charge in [-0.15, -0.1) is 0 Å². The van der Waals surface area contributed by atoms with E-state index in [1.807, 2.05) is 0 Å². The first-order valence-electron chi connectivity index (χ1n) is 20.4. The maximum atomic E-state index is 12.7. The summed E-state index contributed by atoms with van der Waals surface area (Å²) in [5.74, 6) is -1.28. The van der Waals surface area contributed by atoms with Gasteiger partial charge in [-0.05, 0) is 83.1 Å². The number of carboxylic acids is 1. The Balaban J connectivity index is 4.13. The largest absolute Gasteiger partial charge is 0.480 e. The van der Waals surface area contributed by atoms with Gasteiger partial charge in [-0.2, -0.15) is 0 Å². The number of carbonyl (C=O) groups excluding carboxylic acids is 2. The summed E-state index contributed by atoms with van der Waals surface area (Å²) >= 11 is 0. The molecule has 0 aromatic heterocycles. The summed E-state index contributed by atoms with van der Waals surface area (Å²) in [4.78, 5) is 34.8. The number of rotatable bonds is 36. The quantitative estimate of drug-likeness (QED) is 0.0386. The molecule has 0 aliphatic carbocycles. The van der Waals surface area contributed by atoms with Gasteiger partial charge in [-0.1, -0.05) is 152 Å². The number of carboxylic acid groups (broad SMARTS) is 1. The third kappa shape index (κ3) is 37.9. The second kappa shape index (κ2) is 38.9. The third-order valence-electron chi connectivity index (χ3n) is 8.66. The molecular formula is C44H75NO5. The van der Waals surface area contributed by atoms with Gasteiger partial charge in [0.25, 0.3) is 0 Å². The van der Waals surface area contributed by atoms with Crippen LogP contribution < -0.4 is 5.32 Å². The Labute approximate surface area is 307 Å². The Bertz CT molecular complexity index is 948. The summed E-state index contributed by atoms with van der Waals surface area (Å²) in [6, 6.07) is 0. The molecule has 0 aliphatic heterocycles. The molecule has 286 valence electrons. The fourth-order valence-electron chi connectivity index (χ4n) is 5.65. The molecule has 0 aromatic rings. The molecule has 0 saturated carbocycles. The van der Waals surface area contributed by atoms with Crippen LogP contribution in [0, 0.1) is 0 Å². The zero-order valence-electron chi connectivity index (χ0n) is 32.2. The molecule has 0 heterocycles. The fourth-order valence-corrected chi connectivity index (χ4v) is 5.65. The standard InChI is InChI=1S/C44H75NO5/c1-3-5-7-9-11-13-14-15-16-17-18-19-20-21-22-23-25-31-35-39-44(49)50-41(36-32-28-24-12-10-8-6-4-2)37-33-29-26-27-30-34-38-42(46)45-40-43(47)48/h5,7,11,13,15-16,18-19,32,36,41H,3-4,6,8-10,12,14,17,20-31,33-35,37-40H2,1-2H3,(H,45,46)(H,47,48)/b7-5-,13-11-,16-15-,19-18-,36-32-. The van der Waals surface area contributed by atoms with E-state index in [1.54, 1.807) is 0 Å². The van der Waals surface area contributed by atoms with E-state index in [-0.39, 0.29) is 24.5 Å². The highest BCUT2D eigenvalue weighted by Gasteiger charge is 2.11. The van der Waals surface area contributed by atoms with Gasteiger partial charge in [0.15, 0.2) is 0 Å². The number of carbonyl (C=O) groups is 3. The second-order valence-corrected chi connectivity index (χ2v) is 13.5. The predicted octanol–water partition coefficient (Wildman–Crippen LogP) is 12.5. The van der Waals surface area contributed by atoms with Crippen LogP contribution in [0.2, 0.25) is 0 Å². The average molecular weight is 698 g/mol.